The Bertz CT molecular complexity index is 1090. The molecule has 2 aromatic rings. The van der Waals surface area contributed by atoms with Gasteiger partial charge < -0.3 is 9.63 Å². The first-order chi connectivity index (χ1) is 16.5. The van der Waals surface area contributed by atoms with Crippen molar-refractivity contribution in [2.45, 2.75) is 104 Å². The van der Waals surface area contributed by atoms with Gasteiger partial charge in [-0.05, 0) is 73.8 Å². The molecule has 0 aliphatic heterocycles. The lowest BCUT2D eigenvalue weighted by atomic mass is 9.57. The van der Waals surface area contributed by atoms with Crippen LogP contribution >= 0.6 is 0 Å². The summed E-state index contributed by atoms with van der Waals surface area (Å²) in [5.41, 5.74) is 5.41. The van der Waals surface area contributed by atoms with Gasteiger partial charge >= 0.3 is 5.97 Å². The van der Waals surface area contributed by atoms with Crippen molar-refractivity contribution >= 4 is 11.8 Å². The van der Waals surface area contributed by atoms with Gasteiger partial charge in [0.1, 0.15) is 11.5 Å². The van der Waals surface area contributed by atoms with Gasteiger partial charge in [-0.15, -0.1) is 0 Å². The van der Waals surface area contributed by atoms with Crippen LogP contribution in [0, 0.1) is 31.1 Å². The third kappa shape index (κ3) is 5.54. The van der Waals surface area contributed by atoms with Crippen LogP contribution in [0.5, 0.6) is 0 Å². The summed E-state index contributed by atoms with van der Waals surface area (Å²) in [6, 6.07) is 6.11. The second-order valence-corrected chi connectivity index (χ2v) is 12.1. The second kappa shape index (κ2) is 9.91. The van der Waals surface area contributed by atoms with Crippen LogP contribution in [0.1, 0.15) is 118 Å². The molecule has 2 aliphatic carbocycles. The number of carboxylic acid groups (broad SMARTS) is 1. The quantitative estimate of drug-likeness (QED) is 0.372. The highest BCUT2D eigenvalue weighted by atomic mass is 16.5. The standard InChI is InChI=1S/C30H41NO4/c1-17(2)30(5,6)24-12-23(13-24)29-27(20-9-10-20)28(31-35-29)22(16-26(33)34)15-25(32)14-21-8-7-18(3)11-19(21)4/h7-8,11,17,20,22-24H,9-10,12-16H2,1-6H3,(H,33,34). The number of hydrogen-bond acceptors (Lipinski definition) is 4. The number of aliphatic carboxylic acids is 1. The number of carbonyl (C=O) groups excluding carboxylic acids is 1. The van der Waals surface area contributed by atoms with E-state index in [0.29, 0.717) is 30.1 Å². The van der Waals surface area contributed by atoms with Crippen LogP contribution in [0.25, 0.3) is 0 Å². The molecule has 35 heavy (non-hydrogen) atoms. The summed E-state index contributed by atoms with van der Waals surface area (Å²) in [6.07, 6.45) is 4.76. The highest BCUT2D eigenvalue weighted by Crippen LogP contribution is 2.56. The van der Waals surface area contributed by atoms with Crippen LogP contribution in [0.3, 0.4) is 0 Å². The molecular formula is C30H41NO4. The van der Waals surface area contributed by atoms with Gasteiger partial charge in [-0.2, -0.15) is 0 Å². The van der Waals surface area contributed by atoms with Gasteiger partial charge in [0, 0.05) is 30.2 Å². The van der Waals surface area contributed by atoms with Crippen molar-refractivity contribution < 1.29 is 19.2 Å². The van der Waals surface area contributed by atoms with Gasteiger partial charge in [0.05, 0.1) is 12.1 Å². The Morgan fingerprint density at radius 2 is 1.80 bits per heavy atom. The van der Waals surface area contributed by atoms with Crippen LogP contribution < -0.4 is 0 Å². The van der Waals surface area contributed by atoms with Crippen molar-refractivity contribution in [2.24, 2.45) is 17.3 Å². The second-order valence-electron chi connectivity index (χ2n) is 12.1. The van der Waals surface area contributed by atoms with E-state index >= 15 is 0 Å². The summed E-state index contributed by atoms with van der Waals surface area (Å²) in [4.78, 5) is 24.9. The van der Waals surface area contributed by atoms with Crippen molar-refractivity contribution in [1.29, 1.82) is 0 Å². The number of rotatable bonds is 11. The fraction of sp³-hybridized carbons (Fsp3) is 0.633. The molecule has 0 radical (unpaired) electrons. The highest BCUT2D eigenvalue weighted by molar-refractivity contribution is 5.83. The third-order valence-corrected chi connectivity index (χ3v) is 8.99. The molecule has 1 aromatic carbocycles. The molecule has 5 heteroatoms. The minimum Gasteiger partial charge on any atom is -0.481 e. The van der Waals surface area contributed by atoms with Crippen molar-refractivity contribution in [1.82, 2.24) is 5.16 Å². The number of benzene rings is 1. The van der Waals surface area contributed by atoms with E-state index in [1.54, 1.807) is 0 Å². The molecule has 1 aromatic heterocycles. The van der Waals surface area contributed by atoms with Crippen LogP contribution in [0.2, 0.25) is 0 Å². The van der Waals surface area contributed by atoms with Crippen LogP contribution in [-0.4, -0.2) is 22.0 Å². The SMILES string of the molecule is Cc1ccc(CC(=O)CC(CC(=O)O)c2noc(C3CC(C(C)(C)C(C)C)C3)c2C2CC2)c(C)c1. The molecule has 190 valence electrons. The Hall–Kier alpha value is -2.43. The largest absolute Gasteiger partial charge is 0.481 e. The summed E-state index contributed by atoms with van der Waals surface area (Å²) in [6.45, 7) is 13.4. The minimum atomic E-state index is -0.900. The van der Waals surface area contributed by atoms with Gasteiger partial charge in [0.2, 0.25) is 0 Å². The number of aromatic nitrogens is 1. The molecule has 1 atom stereocenters. The summed E-state index contributed by atoms with van der Waals surface area (Å²) in [5, 5.41) is 14.1. The zero-order valence-electron chi connectivity index (χ0n) is 22.2. The van der Waals surface area contributed by atoms with E-state index in [4.69, 9.17) is 4.52 Å². The number of aryl methyl sites for hydroxylation is 2. The maximum Gasteiger partial charge on any atom is 0.304 e. The highest BCUT2D eigenvalue weighted by Gasteiger charge is 2.46. The first kappa shape index (κ1) is 25.7. The summed E-state index contributed by atoms with van der Waals surface area (Å²) >= 11 is 0. The van der Waals surface area contributed by atoms with E-state index in [-0.39, 0.29) is 24.0 Å². The van der Waals surface area contributed by atoms with Gasteiger partial charge in [0.25, 0.3) is 0 Å². The van der Waals surface area contributed by atoms with Crippen molar-refractivity contribution in [3.05, 3.63) is 51.9 Å². The fourth-order valence-corrected chi connectivity index (χ4v) is 5.68. The van der Waals surface area contributed by atoms with E-state index in [1.807, 2.05) is 26.0 Å². The first-order valence-corrected chi connectivity index (χ1v) is 13.3. The molecule has 0 bridgehead atoms. The number of ketones is 1. The number of nitrogens with zero attached hydrogens (tertiary/aromatic N) is 1. The predicted molar refractivity (Wildman–Crippen MR) is 137 cm³/mol. The topological polar surface area (TPSA) is 80.4 Å². The molecule has 2 saturated carbocycles. The lowest BCUT2D eigenvalue weighted by Crippen LogP contribution is -2.38. The number of Topliss-reactive ketones (excluding diaryl/α,β-unsaturated/α-hetero) is 1. The smallest absolute Gasteiger partial charge is 0.304 e. The molecule has 1 N–H and O–H groups in total. The Kier molecular flexibility index (Phi) is 7.26. The zero-order chi connectivity index (χ0) is 25.5. The average Bonchev–Trinajstić information content (AvgIpc) is 3.47. The van der Waals surface area contributed by atoms with Gasteiger partial charge in [-0.3, -0.25) is 9.59 Å². The zero-order valence-corrected chi connectivity index (χ0v) is 22.2. The molecule has 2 fully saturated rings. The Balaban J connectivity index is 1.53. The van der Waals surface area contributed by atoms with Gasteiger partial charge in [0.15, 0.2) is 0 Å². The molecule has 2 aliphatic rings. The molecular weight excluding hydrogens is 438 g/mol. The maximum atomic E-state index is 13.1. The fourth-order valence-electron chi connectivity index (χ4n) is 5.68. The van der Waals surface area contributed by atoms with E-state index in [1.165, 1.54) is 5.56 Å². The van der Waals surface area contributed by atoms with Crippen molar-refractivity contribution in [2.75, 3.05) is 0 Å². The first-order valence-electron chi connectivity index (χ1n) is 13.3. The van der Waals surface area contributed by atoms with Gasteiger partial charge in [-0.1, -0.05) is 56.6 Å². The Morgan fingerprint density at radius 1 is 1.11 bits per heavy atom. The normalized spacial score (nSPS) is 21.1. The molecule has 4 rings (SSSR count). The van der Waals surface area contributed by atoms with Gasteiger partial charge in [-0.25, -0.2) is 0 Å². The summed E-state index contributed by atoms with van der Waals surface area (Å²) < 4.78 is 5.96. The number of hydrogen-bond donors (Lipinski definition) is 1. The maximum absolute atomic E-state index is 13.1. The van der Waals surface area contributed by atoms with E-state index in [0.717, 1.165) is 53.8 Å². The lowest BCUT2D eigenvalue weighted by molar-refractivity contribution is -0.137. The summed E-state index contributed by atoms with van der Waals surface area (Å²) in [7, 11) is 0. The Labute approximate surface area is 209 Å². The molecule has 0 spiro atoms. The molecule has 0 amide bonds. The van der Waals surface area contributed by atoms with Crippen molar-refractivity contribution in [3.8, 4) is 0 Å². The van der Waals surface area contributed by atoms with E-state index in [2.05, 4.69) is 38.9 Å². The molecule has 1 heterocycles. The van der Waals surface area contributed by atoms with Crippen LogP contribution in [0.4, 0.5) is 0 Å². The van der Waals surface area contributed by atoms with Crippen LogP contribution in [-0.2, 0) is 16.0 Å². The lowest BCUT2D eigenvalue weighted by Gasteiger charge is -2.47. The minimum absolute atomic E-state index is 0.0527. The number of carboxylic acids is 1. The Morgan fingerprint density at radius 3 is 2.37 bits per heavy atom. The molecule has 0 saturated heterocycles. The predicted octanol–water partition coefficient (Wildman–Crippen LogP) is 7.10. The van der Waals surface area contributed by atoms with Crippen molar-refractivity contribution in [3.63, 3.8) is 0 Å². The molecule has 5 nitrogen and oxygen atoms in total. The van der Waals surface area contributed by atoms with Crippen LogP contribution in [0.15, 0.2) is 22.7 Å². The monoisotopic (exact) mass is 479 g/mol. The third-order valence-electron chi connectivity index (χ3n) is 8.99. The van der Waals surface area contributed by atoms with E-state index < -0.39 is 11.9 Å². The molecule has 1 unspecified atom stereocenters. The number of carbonyl (C=O) groups is 2. The summed E-state index contributed by atoms with van der Waals surface area (Å²) in [5.74, 6) is 1.70. The average molecular weight is 480 g/mol. The van der Waals surface area contributed by atoms with E-state index in [9.17, 15) is 14.7 Å².